The predicted molar refractivity (Wildman–Crippen MR) is 83.0 cm³/mol. The van der Waals surface area contributed by atoms with Crippen LogP contribution in [0.25, 0.3) is 0 Å². The highest BCUT2D eigenvalue weighted by molar-refractivity contribution is 7.89. The van der Waals surface area contributed by atoms with E-state index in [1.165, 1.54) is 36.4 Å². The first-order valence-electron chi connectivity index (χ1n) is 6.67. The standard InChI is InChI=1S/C15H13ClF3NO3S/c16-12-8-4-5-9-13(12)24(22,23)20-10-14(21,15(17,18)19)11-6-2-1-3-7-11/h1-9,20-21H,10H2/t14-/m1/s1. The minimum Gasteiger partial charge on any atom is -0.375 e. The van der Waals surface area contributed by atoms with Crippen LogP contribution in [0.4, 0.5) is 13.2 Å². The minimum atomic E-state index is -5.09. The van der Waals surface area contributed by atoms with Crippen LogP contribution in [0.3, 0.4) is 0 Å². The lowest BCUT2D eigenvalue weighted by atomic mass is 9.93. The molecule has 0 unspecified atom stereocenters. The fourth-order valence-electron chi connectivity index (χ4n) is 2.02. The van der Waals surface area contributed by atoms with Gasteiger partial charge in [0.05, 0.1) is 11.6 Å². The Labute approximate surface area is 141 Å². The quantitative estimate of drug-likeness (QED) is 0.839. The molecule has 2 N–H and O–H groups in total. The molecule has 0 amide bonds. The Bertz CT molecular complexity index is 812. The molecule has 4 nitrogen and oxygen atoms in total. The monoisotopic (exact) mass is 379 g/mol. The zero-order valence-corrected chi connectivity index (χ0v) is 13.7. The predicted octanol–water partition coefficient (Wildman–Crippen LogP) is 3.07. The fraction of sp³-hybridized carbons (Fsp3) is 0.200. The number of benzene rings is 2. The maximum atomic E-state index is 13.3. The molecule has 0 aromatic heterocycles. The van der Waals surface area contributed by atoms with Gasteiger partial charge in [-0.05, 0) is 17.7 Å². The van der Waals surface area contributed by atoms with E-state index in [0.717, 1.165) is 18.2 Å². The summed E-state index contributed by atoms with van der Waals surface area (Å²) in [5.74, 6) is 0. The second-order valence-corrected chi connectivity index (χ2v) is 7.12. The van der Waals surface area contributed by atoms with E-state index in [1.54, 1.807) is 4.72 Å². The van der Waals surface area contributed by atoms with Crippen LogP contribution < -0.4 is 4.72 Å². The van der Waals surface area contributed by atoms with Crippen LogP contribution in [0, 0.1) is 0 Å². The second-order valence-electron chi connectivity index (χ2n) is 4.98. The Kier molecular flexibility index (Phi) is 5.24. The van der Waals surface area contributed by atoms with E-state index in [0.29, 0.717) is 0 Å². The number of alkyl halides is 3. The summed E-state index contributed by atoms with van der Waals surface area (Å²) >= 11 is 5.76. The summed E-state index contributed by atoms with van der Waals surface area (Å²) in [4.78, 5) is -0.371. The normalized spacial score (nSPS) is 15.0. The lowest BCUT2D eigenvalue weighted by Crippen LogP contribution is -2.51. The zero-order valence-electron chi connectivity index (χ0n) is 12.1. The van der Waals surface area contributed by atoms with Crippen LogP contribution in [-0.2, 0) is 15.6 Å². The van der Waals surface area contributed by atoms with Gasteiger partial charge in [0.15, 0.2) is 5.60 Å². The molecular formula is C15H13ClF3NO3S. The van der Waals surface area contributed by atoms with Crippen molar-refractivity contribution in [1.29, 1.82) is 0 Å². The molecule has 1 atom stereocenters. The van der Waals surface area contributed by atoms with Crippen molar-refractivity contribution in [3.8, 4) is 0 Å². The van der Waals surface area contributed by atoms with Gasteiger partial charge < -0.3 is 5.11 Å². The van der Waals surface area contributed by atoms with Gasteiger partial charge in [0, 0.05) is 0 Å². The van der Waals surface area contributed by atoms with Crippen molar-refractivity contribution in [2.75, 3.05) is 6.54 Å². The van der Waals surface area contributed by atoms with Crippen LogP contribution in [0.2, 0.25) is 5.02 Å². The molecule has 0 spiro atoms. The van der Waals surface area contributed by atoms with E-state index in [4.69, 9.17) is 11.6 Å². The van der Waals surface area contributed by atoms with E-state index in [-0.39, 0.29) is 9.92 Å². The number of rotatable bonds is 5. The van der Waals surface area contributed by atoms with Crippen LogP contribution in [0.1, 0.15) is 5.56 Å². The van der Waals surface area contributed by atoms with Gasteiger partial charge in [-0.3, -0.25) is 0 Å². The molecule has 0 radical (unpaired) electrons. The average molecular weight is 380 g/mol. The maximum Gasteiger partial charge on any atom is 0.422 e. The van der Waals surface area contributed by atoms with Crippen LogP contribution in [0.15, 0.2) is 59.5 Å². The smallest absolute Gasteiger partial charge is 0.375 e. The molecule has 9 heteroatoms. The average Bonchev–Trinajstić information content (AvgIpc) is 2.52. The van der Waals surface area contributed by atoms with Crippen LogP contribution in [0.5, 0.6) is 0 Å². The zero-order chi connectivity index (χ0) is 18.0. The van der Waals surface area contributed by atoms with Crippen LogP contribution in [-0.4, -0.2) is 26.2 Å². The summed E-state index contributed by atoms with van der Waals surface area (Å²) in [7, 11) is -4.33. The highest BCUT2D eigenvalue weighted by atomic mass is 35.5. The lowest BCUT2D eigenvalue weighted by Gasteiger charge is -2.31. The van der Waals surface area contributed by atoms with Crippen molar-refractivity contribution in [1.82, 2.24) is 4.72 Å². The minimum absolute atomic E-state index is 0.139. The fourth-order valence-corrected chi connectivity index (χ4v) is 3.60. The third kappa shape index (κ3) is 3.72. The van der Waals surface area contributed by atoms with Gasteiger partial charge >= 0.3 is 6.18 Å². The molecule has 0 aliphatic carbocycles. The highest BCUT2D eigenvalue weighted by Crippen LogP contribution is 2.38. The molecule has 2 aromatic rings. The van der Waals surface area contributed by atoms with Gasteiger partial charge in [0.2, 0.25) is 10.0 Å². The maximum absolute atomic E-state index is 13.3. The van der Waals surface area contributed by atoms with Gasteiger partial charge in [-0.15, -0.1) is 0 Å². The SMILES string of the molecule is O=S(=O)(NC[C@@](O)(c1ccccc1)C(F)(F)F)c1ccccc1Cl. The lowest BCUT2D eigenvalue weighted by molar-refractivity contribution is -0.263. The third-order valence-corrected chi connectivity index (χ3v) is 5.27. The molecule has 0 heterocycles. The third-order valence-electron chi connectivity index (χ3n) is 3.36. The van der Waals surface area contributed by atoms with E-state index < -0.39 is 33.9 Å². The number of sulfonamides is 1. The molecule has 24 heavy (non-hydrogen) atoms. The largest absolute Gasteiger partial charge is 0.422 e. The molecular weight excluding hydrogens is 367 g/mol. The first-order chi connectivity index (χ1) is 11.1. The summed E-state index contributed by atoms with van der Waals surface area (Å²) in [6.45, 7) is -1.28. The van der Waals surface area contributed by atoms with Gasteiger partial charge in [0.25, 0.3) is 0 Å². The second kappa shape index (κ2) is 6.72. The number of hydrogen-bond acceptors (Lipinski definition) is 3. The van der Waals surface area contributed by atoms with Crippen molar-refractivity contribution >= 4 is 21.6 Å². The molecule has 0 aliphatic rings. The summed E-state index contributed by atoms with van der Waals surface area (Å²) in [6.07, 6.45) is -5.09. The number of aliphatic hydroxyl groups is 1. The van der Waals surface area contributed by atoms with E-state index in [9.17, 15) is 26.7 Å². The Morgan fingerprint density at radius 1 is 1.00 bits per heavy atom. The van der Waals surface area contributed by atoms with Crippen molar-refractivity contribution in [2.24, 2.45) is 0 Å². The van der Waals surface area contributed by atoms with Gasteiger partial charge in [-0.25, -0.2) is 13.1 Å². The summed E-state index contributed by atoms with van der Waals surface area (Å²) in [5, 5.41) is 9.98. The van der Waals surface area contributed by atoms with Crippen molar-refractivity contribution in [3.05, 3.63) is 65.2 Å². The summed E-state index contributed by atoms with van der Waals surface area (Å²) in [6, 6.07) is 11.6. The number of halogens is 4. The number of hydrogen-bond donors (Lipinski definition) is 2. The van der Waals surface area contributed by atoms with Crippen molar-refractivity contribution < 1.29 is 26.7 Å². The Hall–Kier alpha value is -1.61. The highest BCUT2D eigenvalue weighted by Gasteiger charge is 2.55. The van der Waals surface area contributed by atoms with Gasteiger partial charge in [0.1, 0.15) is 4.90 Å². The van der Waals surface area contributed by atoms with E-state index >= 15 is 0 Å². The molecule has 2 rings (SSSR count). The van der Waals surface area contributed by atoms with Gasteiger partial charge in [-0.1, -0.05) is 54.1 Å². The molecule has 0 fully saturated rings. The van der Waals surface area contributed by atoms with E-state index in [1.807, 2.05) is 0 Å². The molecule has 130 valence electrons. The molecule has 0 saturated carbocycles. The van der Waals surface area contributed by atoms with Crippen LogP contribution >= 0.6 is 11.6 Å². The molecule has 0 bridgehead atoms. The van der Waals surface area contributed by atoms with Crippen molar-refractivity contribution in [2.45, 2.75) is 16.7 Å². The number of nitrogens with one attached hydrogen (secondary N) is 1. The Morgan fingerprint density at radius 3 is 2.08 bits per heavy atom. The topological polar surface area (TPSA) is 66.4 Å². The van der Waals surface area contributed by atoms with Crippen molar-refractivity contribution in [3.63, 3.8) is 0 Å². The Morgan fingerprint density at radius 2 is 1.54 bits per heavy atom. The van der Waals surface area contributed by atoms with E-state index in [2.05, 4.69) is 0 Å². The molecule has 2 aromatic carbocycles. The molecule has 0 saturated heterocycles. The first-order valence-corrected chi connectivity index (χ1v) is 8.53. The first kappa shape index (κ1) is 18.7. The summed E-state index contributed by atoms with van der Waals surface area (Å²) < 4.78 is 66.2. The Balaban J connectivity index is 2.35. The summed E-state index contributed by atoms with van der Waals surface area (Å²) in [5.41, 5.74) is -3.85. The molecule has 0 aliphatic heterocycles. The van der Waals surface area contributed by atoms with Gasteiger partial charge in [-0.2, -0.15) is 13.2 Å².